The molecule has 1 aromatic rings. The quantitative estimate of drug-likeness (QED) is 0.358. The zero-order valence-electron chi connectivity index (χ0n) is 11.1. The van der Waals surface area contributed by atoms with Crippen molar-refractivity contribution in [3.8, 4) is 0 Å². The van der Waals surface area contributed by atoms with E-state index in [-0.39, 0.29) is 23.5 Å². The van der Waals surface area contributed by atoms with Gasteiger partial charge in [-0.15, -0.1) is 0 Å². The molecule has 7 nitrogen and oxygen atoms in total. The molecule has 0 saturated heterocycles. The number of oxazole rings is 1. The minimum Gasteiger partial charge on any atom is -0.436 e. The van der Waals surface area contributed by atoms with Crippen LogP contribution in [-0.2, 0) is 0 Å². The molecule has 0 aliphatic heterocycles. The fraction of sp³-hybridized carbons (Fsp3) is 0.583. The van der Waals surface area contributed by atoms with E-state index in [1.165, 1.54) is 0 Å². The molecule has 0 bridgehead atoms. The minimum absolute atomic E-state index is 0.115. The Morgan fingerprint density at radius 1 is 1.58 bits per heavy atom. The lowest BCUT2D eigenvalue weighted by molar-refractivity contribution is 0.0712. The van der Waals surface area contributed by atoms with Crippen molar-refractivity contribution in [2.75, 3.05) is 6.54 Å². The Morgan fingerprint density at radius 3 is 2.74 bits per heavy atom. The fourth-order valence-corrected chi connectivity index (χ4v) is 1.98. The predicted molar refractivity (Wildman–Crippen MR) is 68.1 cm³/mol. The van der Waals surface area contributed by atoms with Crippen molar-refractivity contribution >= 4 is 11.7 Å². The predicted octanol–water partition coefficient (Wildman–Crippen LogP) is 1.03. The van der Waals surface area contributed by atoms with Gasteiger partial charge in [0, 0.05) is 25.9 Å². The number of nitrogens with zero attached hydrogens (tertiary/aromatic N) is 3. The highest BCUT2D eigenvalue weighted by Crippen LogP contribution is 2.29. The van der Waals surface area contributed by atoms with E-state index in [0.717, 1.165) is 12.8 Å². The third-order valence-corrected chi connectivity index (χ3v) is 3.08. The summed E-state index contributed by atoms with van der Waals surface area (Å²) in [6, 6.07) is 0.226. The second kappa shape index (κ2) is 5.29. The second-order valence-electron chi connectivity index (χ2n) is 4.72. The highest BCUT2D eigenvalue weighted by molar-refractivity contribution is 5.93. The van der Waals surface area contributed by atoms with Gasteiger partial charge in [0.15, 0.2) is 5.89 Å². The maximum absolute atomic E-state index is 12.4. The molecular weight excluding hydrogens is 248 g/mol. The van der Waals surface area contributed by atoms with Gasteiger partial charge >= 0.3 is 0 Å². The topological polar surface area (TPSA) is 105 Å². The van der Waals surface area contributed by atoms with Crippen LogP contribution in [0.1, 0.15) is 41.4 Å². The largest absolute Gasteiger partial charge is 0.436 e. The number of rotatable bonds is 5. The van der Waals surface area contributed by atoms with Gasteiger partial charge in [-0.1, -0.05) is 5.16 Å². The standard InChI is InChI=1S/C12H18N4O3/c1-7-11(19-8(2)14-7)12(17)16(9-3-4-9)6-5-10(13)15-18/h9,18H,3-6H2,1-2H3,(H2,13,15). The van der Waals surface area contributed by atoms with Crippen molar-refractivity contribution < 1.29 is 14.4 Å². The van der Waals surface area contributed by atoms with E-state index in [1.807, 2.05) is 0 Å². The maximum atomic E-state index is 12.4. The molecule has 1 saturated carbocycles. The first kappa shape index (κ1) is 13.4. The Labute approximate surface area is 111 Å². The Morgan fingerprint density at radius 2 is 2.26 bits per heavy atom. The van der Waals surface area contributed by atoms with Gasteiger partial charge in [0.05, 0.1) is 5.69 Å². The molecule has 1 heterocycles. The molecule has 1 aromatic heterocycles. The highest BCUT2D eigenvalue weighted by atomic mass is 16.4. The highest BCUT2D eigenvalue weighted by Gasteiger charge is 2.35. The number of amidine groups is 1. The van der Waals surface area contributed by atoms with Gasteiger partial charge in [-0.25, -0.2) is 4.98 Å². The van der Waals surface area contributed by atoms with Crippen LogP contribution in [0.3, 0.4) is 0 Å². The van der Waals surface area contributed by atoms with Gasteiger partial charge in [0.1, 0.15) is 5.84 Å². The minimum atomic E-state index is -0.175. The SMILES string of the molecule is Cc1nc(C)c(C(=O)N(CCC(N)=NO)C2CC2)o1. The second-order valence-corrected chi connectivity index (χ2v) is 4.72. The number of oxime groups is 1. The van der Waals surface area contributed by atoms with E-state index >= 15 is 0 Å². The molecule has 0 unspecified atom stereocenters. The first-order chi connectivity index (χ1) is 9.02. The Bertz CT molecular complexity index is 505. The fourth-order valence-electron chi connectivity index (χ4n) is 1.98. The number of carbonyl (C=O) groups is 1. The summed E-state index contributed by atoms with van der Waals surface area (Å²) in [6.45, 7) is 3.87. The van der Waals surface area contributed by atoms with E-state index in [0.29, 0.717) is 24.6 Å². The molecule has 2 rings (SSSR count). The zero-order valence-corrected chi connectivity index (χ0v) is 11.1. The van der Waals surface area contributed by atoms with Crippen molar-refractivity contribution in [3.05, 3.63) is 17.3 Å². The lowest BCUT2D eigenvalue weighted by Crippen LogP contribution is -2.36. The molecule has 0 radical (unpaired) electrons. The van der Waals surface area contributed by atoms with E-state index in [2.05, 4.69) is 10.1 Å². The summed E-state index contributed by atoms with van der Waals surface area (Å²) in [6.07, 6.45) is 2.30. The molecule has 1 amide bonds. The Hall–Kier alpha value is -2.05. The molecule has 0 aromatic carbocycles. The van der Waals surface area contributed by atoms with Crippen LogP contribution in [0.2, 0.25) is 0 Å². The Balaban J connectivity index is 2.10. The van der Waals surface area contributed by atoms with Crippen LogP contribution in [-0.4, -0.2) is 39.4 Å². The van der Waals surface area contributed by atoms with Crippen LogP contribution in [0.25, 0.3) is 0 Å². The van der Waals surface area contributed by atoms with E-state index in [1.54, 1.807) is 18.7 Å². The summed E-state index contributed by atoms with van der Waals surface area (Å²) in [5, 5.41) is 11.5. The van der Waals surface area contributed by atoms with Gasteiger partial charge in [-0.3, -0.25) is 4.79 Å². The summed E-state index contributed by atoms with van der Waals surface area (Å²) in [7, 11) is 0. The van der Waals surface area contributed by atoms with E-state index < -0.39 is 0 Å². The monoisotopic (exact) mass is 266 g/mol. The van der Waals surface area contributed by atoms with Crippen LogP contribution in [0.5, 0.6) is 0 Å². The first-order valence-corrected chi connectivity index (χ1v) is 6.24. The molecule has 7 heteroatoms. The Kier molecular flexibility index (Phi) is 3.73. The molecule has 1 aliphatic carbocycles. The summed E-state index contributed by atoms with van der Waals surface area (Å²) < 4.78 is 5.35. The van der Waals surface area contributed by atoms with Crippen LogP contribution >= 0.6 is 0 Å². The molecule has 19 heavy (non-hydrogen) atoms. The number of nitrogens with two attached hydrogens (primary N) is 1. The zero-order chi connectivity index (χ0) is 14.0. The lowest BCUT2D eigenvalue weighted by atomic mass is 10.3. The molecular formula is C12H18N4O3. The van der Waals surface area contributed by atoms with Crippen LogP contribution in [0.4, 0.5) is 0 Å². The molecule has 1 aliphatic rings. The summed E-state index contributed by atoms with van der Waals surface area (Å²) in [4.78, 5) is 18.2. The van der Waals surface area contributed by atoms with Crippen molar-refractivity contribution in [1.29, 1.82) is 0 Å². The van der Waals surface area contributed by atoms with E-state index in [4.69, 9.17) is 15.4 Å². The number of carbonyl (C=O) groups excluding carboxylic acids is 1. The number of hydrogen-bond donors (Lipinski definition) is 2. The van der Waals surface area contributed by atoms with Gasteiger partial charge < -0.3 is 20.3 Å². The molecule has 0 spiro atoms. The lowest BCUT2D eigenvalue weighted by Gasteiger charge is -2.21. The number of amides is 1. The molecule has 3 N–H and O–H groups in total. The molecule has 0 atom stereocenters. The normalized spacial score (nSPS) is 15.6. The summed E-state index contributed by atoms with van der Waals surface area (Å²) >= 11 is 0. The van der Waals surface area contributed by atoms with Gasteiger partial charge in [-0.05, 0) is 19.8 Å². The van der Waals surface area contributed by atoms with Crippen LogP contribution in [0.15, 0.2) is 9.57 Å². The number of hydrogen-bond acceptors (Lipinski definition) is 5. The number of aryl methyl sites for hydroxylation is 2. The average Bonchev–Trinajstić information content (AvgIpc) is 3.14. The molecule has 104 valence electrons. The summed E-state index contributed by atoms with van der Waals surface area (Å²) in [5.74, 6) is 0.701. The summed E-state index contributed by atoms with van der Waals surface area (Å²) in [5.41, 5.74) is 6.04. The van der Waals surface area contributed by atoms with Crippen LogP contribution in [0, 0.1) is 13.8 Å². The smallest absolute Gasteiger partial charge is 0.291 e. The first-order valence-electron chi connectivity index (χ1n) is 6.24. The van der Waals surface area contributed by atoms with Crippen molar-refractivity contribution in [1.82, 2.24) is 9.88 Å². The van der Waals surface area contributed by atoms with E-state index in [9.17, 15) is 4.79 Å². The maximum Gasteiger partial charge on any atom is 0.291 e. The molecule has 1 fully saturated rings. The van der Waals surface area contributed by atoms with Crippen molar-refractivity contribution in [2.24, 2.45) is 10.9 Å². The number of aromatic nitrogens is 1. The van der Waals surface area contributed by atoms with Crippen molar-refractivity contribution in [2.45, 2.75) is 39.2 Å². The van der Waals surface area contributed by atoms with Gasteiger partial charge in [-0.2, -0.15) is 0 Å². The average molecular weight is 266 g/mol. The van der Waals surface area contributed by atoms with Crippen LogP contribution < -0.4 is 5.73 Å². The van der Waals surface area contributed by atoms with Gasteiger partial charge in [0.25, 0.3) is 5.91 Å². The third kappa shape index (κ3) is 3.04. The third-order valence-electron chi connectivity index (χ3n) is 3.08. The van der Waals surface area contributed by atoms with Crippen molar-refractivity contribution in [3.63, 3.8) is 0 Å². The van der Waals surface area contributed by atoms with Gasteiger partial charge in [0.2, 0.25) is 5.76 Å².